The predicted octanol–water partition coefficient (Wildman–Crippen LogP) is 5.66. The first kappa shape index (κ1) is 21.3. The number of halogens is 1. The number of thioether (sulfide) groups is 1. The number of rotatable bonds is 6. The highest BCUT2D eigenvalue weighted by molar-refractivity contribution is 7.98. The summed E-state index contributed by atoms with van der Waals surface area (Å²) in [6.45, 7) is 1.90. The van der Waals surface area contributed by atoms with E-state index in [-0.39, 0.29) is 5.56 Å². The number of para-hydroxylation sites is 1. The van der Waals surface area contributed by atoms with Crippen molar-refractivity contribution in [2.24, 2.45) is 0 Å². The van der Waals surface area contributed by atoms with E-state index >= 15 is 0 Å². The summed E-state index contributed by atoms with van der Waals surface area (Å²) in [6, 6.07) is 18.8. The molecule has 0 spiro atoms. The van der Waals surface area contributed by atoms with Gasteiger partial charge in [0.05, 0.1) is 30.8 Å². The molecule has 1 aromatic heterocycles. The van der Waals surface area contributed by atoms with Crippen LogP contribution in [0.25, 0.3) is 16.6 Å². The summed E-state index contributed by atoms with van der Waals surface area (Å²) in [4.78, 5) is 18.3. The van der Waals surface area contributed by atoms with Crippen LogP contribution in [0.5, 0.6) is 11.5 Å². The summed E-state index contributed by atoms with van der Waals surface area (Å²) in [6.07, 6.45) is 0. The molecule has 0 aliphatic rings. The van der Waals surface area contributed by atoms with Crippen molar-refractivity contribution in [2.75, 3.05) is 14.2 Å². The average molecular weight is 453 g/mol. The van der Waals surface area contributed by atoms with Crippen LogP contribution in [-0.2, 0) is 5.75 Å². The largest absolute Gasteiger partial charge is 0.497 e. The Morgan fingerprint density at radius 1 is 1.03 bits per heavy atom. The van der Waals surface area contributed by atoms with Gasteiger partial charge in [-0.3, -0.25) is 9.36 Å². The average Bonchev–Trinajstić information content (AvgIpc) is 2.80. The van der Waals surface area contributed by atoms with Gasteiger partial charge >= 0.3 is 0 Å². The van der Waals surface area contributed by atoms with Crippen molar-refractivity contribution in [1.29, 1.82) is 0 Å². The van der Waals surface area contributed by atoms with Crippen molar-refractivity contribution in [3.05, 3.63) is 87.2 Å². The maximum absolute atomic E-state index is 13.5. The number of aryl methyl sites for hydroxylation is 1. The number of ether oxygens (including phenoxy) is 2. The molecule has 0 atom stereocenters. The molecule has 0 radical (unpaired) electrons. The molecular weight excluding hydrogens is 432 g/mol. The summed E-state index contributed by atoms with van der Waals surface area (Å²) in [5.41, 5.74) is 3.07. The molecule has 0 bridgehead atoms. The van der Waals surface area contributed by atoms with Crippen LogP contribution >= 0.6 is 23.4 Å². The molecule has 3 aromatic carbocycles. The molecule has 158 valence electrons. The molecule has 4 rings (SSSR count). The number of fused-ring (bicyclic) bond motifs is 1. The lowest BCUT2D eigenvalue weighted by Crippen LogP contribution is -2.22. The SMILES string of the molecule is COc1ccc(CSc2nc3ccccc3c(=O)n2-c2cc(C)c(Cl)cc2OC)cc1. The number of hydrogen-bond acceptors (Lipinski definition) is 5. The minimum atomic E-state index is -0.150. The third kappa shape index (κ3) is 4.27. The maximum atomic E-state index is 13.5. The predicted molar refractivity (Wildman–Crippen MR) is 126 cm³/mol. The van der Waals surface area contributed by atoms with Gasteiger partial charge in [-0.05, 0) is 48.4 Å². The minimum absolute atomic E-state index is 0.150. The van der Waals surface area contributed by atoms with E-state index in [9.17, 15) is 4.79 Å². The van der Waals surface area contributed by atoms with E-state index in [0.717, 1.165) is 16.9 Å². The third-order valence-electron chi connectivity index (χ3n) is 4.97. The molecule has 0 unspecified atom stereocenters. The smallest absolute Gasteiger partial charge is 0.266 e. The van der Waals surface area contributed by atoms with Crippen molar-refractivity contribution >= 4 is 34.3 Å². The summed E-state index contributed by atoms with van der Waals surface area (Å²) in [5.74, 6) is 1.96. The molecule has 1 heterocycles. The lowest BCUT2D eigenvalue weighted by Gasteiger charge is -2.17. The Labute approximate surface area is 189 Å². The van der Waals surface area contributed by atoms with Crippen LogP contribution in [0.3, 0.4) is 0 Å². The van der Waals surface area contributed by atoms with E-state index in [2.05, 4.69) is 0 Å². The molecule has 31 heavy (non-hydrogen) atoms. The second-order valence-electron chi connectivity index (χ2n) is 6.96. The van der Waals surface area contributed by atoms with Gasteiger partial charge in [0, 0.05) is 16.8 Å². The van der Waals surface area contributed by atoms with Crippen LogP contribution < -0.4 is 15.0 Å². The first-order valence-electron chi connectivity index (χ1n) is 9.64. The van der Waals surface area contributed by atoms with Gasteiger partial charge in [-0.2, -0.15) is 0 Å². The fourth-order valence-corrected chi connectivity index (χ4v) is 4.39. The van der Waals surface area contributed by atoms with Gasteiger partial charge in [-0.1, -0.05) is 47.6 Å². The number of methoxy groups -OCH3 is 2. The molecule has 4 aromatic rings. The lowest BCUT2D eigenvalue weighted by molar-refractivity contribution is 0.411. The second kappa shape index (κ2) is 9.04. The third-order valence-corrected chi connectivity index (χ3v) is 6.39. The quantitative estimate of drug-likeness (QED) is 0.279. The monoisotopic (exact) mass is 452 g/mol. The Morgan fingerprint density at radius 2 is 1.77 bits per heavy atom. The molecule has 0 aliphatic carbocycles. The van der Waals surface area contributed by atoms with Crippen LogP contribution in [0.2, 0.25) is 5.02 Å². The topological polar surface area (TPSA) is 53.3 Å². The standard InChI is InChI=1S/C24H21ClN2O3S/c1-15-12-21(22(30-3)13-19(15)25)27-23(28)18-6-4-5-7-20(18)26-24(27)31-14-16-8-10-17(29-2)11-9-16/h4-13H,14H2,1-3H3. The molecule has 5 nitrogen and oxygen atoms in total. The summed E-state index contributed by atoms with van der Waals surface area (Å²) >= 11 is 7.78. The Bertz CT molecular complexity index is 1300. The van der Waals surface area contributed by atoms with Crippen LogP contribution in [0.4, 0.5) is 0 Å². The fourth-order valence-electron chi connectivity index (χ4n) is 3.28. The summed E-state index contributed by atoms with van der Waals surface area (Å²) < 4.78 is 12.4. The molecule has 7 heteroatoms. The Hall–Kier alpha value is -2.96. The molecule has 0 fully saturated rings. The summed E-state index contributed by atoms with van der Waals surface area (Å²) in [7, 11) is 3.21. The molecule has 0 saturated heterocycles. The van der Waals surface area contributed by atoms with Gasteiger partial charge in [0.2, 0.25) is 0 Å². The maximum Gasteiger partial charge on any atom is 0.266 e. The molecular formula is C24H21ClN2O3S. The zero-order valence-corrected chi connectivity index (χ0v) is 19.0. The molecule has 0 N–H and O–H groups in total. The van der Waals surface area contributed by atoms with E-state index in [0.29, 0.717) is 38.3 Å². The first-order valence-corrected chi connectivity index (χ1v) is 11.0. The Morgan fingerprint density at radius 3 is 2.48 bits per heavy atom. The summed E-state index contributed by atoms with van der Waals surface area (Å²) in [5, 5.41) is 1.71. The van der Waals surface area contributed by atoms with Gasteiger partial charge in [0.1, 0.15) is 11.5 Å². The number of hydrogen-bond donors (Lipinski definition) is 0. The van der Waals surface area contributed by atoms with Crippen LogP contribution in [-0.4, -0.2) is 23.8 Å². The van der Waals surface area contributed by atoms with E-state index in [1.165, 1.54) is 11.8 Å². The van der Waals surface area contributed by atoms with E-state index in [1.807, 2.05) is 55.5 Å². The molecule has 0 amide bonds. The molecule has 0 saturated carbocycles. The van der Waals surface area contributed by atoms with Crippen molar-refractivity contribution in [2.45, 2.75) is 17.8 Å². The van der Waals surface area contributed by atoms with Gasteiger partial charge < -0.3 is 9.47 Å². The van der Waals surface area contributed by atoms with Crippen molar-refractivity contribution in [3.63, 3.8) is 0 Å². The van der Waals surface area contributed by atoms with Gasteiger partial charge in [-0.25, -0.2) is 4.98 Å². The zero-order chi connectivity index (χ0) is 22.0. The van der Waals surface area contributed by atoms with Crippen molar-refractivity contribution in [3.8, 4) is 17.2 Å². The van der Waals surface area contributed by atoms with Crippen molar-refractivity contribution < 1.29 is 9.47 Å². The highest BCUT2D eigenvalue weighted by Crippen LogP contribution is 2.32. The lowest BCUT2D eigenvalue weighted by atomic mass is 10.2. The first-order chi connectivity index (χ1) is 15.0. The van der Waals surface area contributed by atoms with Gasteiger partial charge in [0.25, 0.3) is 5.56 Å². The number of benzene rings is 3. The molecule has 0 aliphatic heterocycles. The van der Waals surface area contributed by atoms with E-state index in [4.69, 9.17) is 26.1 Å². The number of nitrogens with zero attached hydrogens (tertiary/aromatic N) is 2. The second-order valence-corrected chi connectivity index (χ2v) is 8.31. The van der Waals surface area contributed by atoms with Gasteiger partial charge in [-0.15, -0.1) is 0 Å². The van der Waals surface area contributed by atoms with E-state index in [1.54, 1.807) is 30.9 Å². The minimum Gasteiger partial charge on any atom is -0.497 e. The number of aromatic nitrogens is 2. The van der Waals surface area contributed by atoms with Crippen LogP contribution in [0, 0.1) is 6.92 Å². The Kier molecular flexibility index (Phi) is 6.20. The van der Waals surface area contributed by atoms with Crippen LogP contribution in [0.1, 0.15) is 11.1 Å². The zero-order valence-electron chi connectivity index (χ0n) is 17.4. The normalized spacial score (nSPS) is 11.0. The van der Waals surface area contributed by atoms with Crippen molar-refractivity contribution in [1.82, 2.24) is 9.55 Å². The van der Waals surface area contributed by atoms with E-state index < -0.39 is 0 Å². The van der Waals surface area contributed by atoms with Gasteiger partial charge in [0.15, 0.2) is 5.16 Å². The highest BCUT2D eigenvalue weighted by Gasteiger charge is 2.18. The fraction of sp³-hybridized carbons (Fsp3) is 0.167. The van der Waals surface area contributed by atoms with Crippen LogP contribution in [0.15, 0.2) is 70.6 Å². The Balaban J connectivity index is 1.86. The highest BCUT2D eigenvalue weighted by atomic mass is 35.5.